The molecule has 0 fully saturated rings. The molecule has 0 bridgehead atoms. The van der Waals surface area contributed by atoms with Crippen LogP contribution in [0.2, 0.25) is 0 Å². The standard InChI is InChI=1S/C14H22O2S/c1-3-4-10-15-11-5-12-16-17-14-8-6-13(2)7-9-14/h6-9H,3-5,10-12H2,1-2H3. The van der Waals surface area contributed by atoms with Gasteiger partial charge in [0.15, 0.2) is 0 Å². The maximum Gasteiger partial charge on any atom is 0.0640 e. The van der Waals surface area contributed by atoms with Crippen molar-refractivity contribution < 1.29 is 8.92 Å². The van der Waals surface area contributed by atoms with Crippen molar-refractivity contribution in [2.75, 3.05) is 19.8 Å². The highest BCUT2D eigenvalue weighted by Gasteiger charge is 1.95. The first-order valence-electron chi connectivity index (χ1n) is 6.27. The topological polar surface area (TPSA) is 18.5 Å². The van der Waals surface area contributed by atoms with Crippen LogP contribution in [0.3, 0.4) is 0 Å². The summed E-state index contributed by atoms with van der Waals surface area (Å²) in [5.74, 6) is 0. The van der Waals surface area contributed by atoms with Crippen LogP contribution in [0.15, 0.2) is 29.2 Å². The Balaban J connectivity index is 1.95. The second-order valence-electron chi connectivity index (χ2n) is 4.04. The molecule has 17 heavy (non-hydrogen) atoms. The van der Waals surface area contributed by atoms with E-state index in [2.05, 4.69) is 38.1 Å². The van der Waals surface area contributed by atoms with Gasteiger partial charge in [0.05, 0.1) is 6.61 Å². The van der Waals surface area contributed by atoms with E-state index in [0.29, 0.717) is 0 Å². The van der Waals surface area contributed by atoms with Gasteiger partial charge in [-0.05, 0) is 31.9 Å². The van der Waals surface area contributed by atoms with Crippen molar-refractivity contribution in [2.24, 2.45) is 0 Å². The van der Waals surface area contributed by atoms with Gasteiger partial charge in [0.1, 0.15) is 0 Å². The van der Waals surface area contributed by atoms with Crippen LogP contribution in [-0.2, 0) is 8.92 Å². The summed E-state index contributed by atoms with van der Waals surface area (Å²) in [5.41, 5.74) is 1.28. The first kappa shape index (κ1) is 14.6. The largest absolute Gasteiger partial charge is 0.381 e. The Kier molecular flexibility index (Phi) is 8.14. The first-order valence-corrected chi connectivity index (χ1v) is 7.01. The minimum Gasteiger partial charge on any atom is -0.381 e. The van der Waals surface area contributed by atoms with E-state index in [0.717, 1.165) is 37.6 Å². The van der Waals surface area contributed by atoms with Gasteiger partial charge in [0.25, 0.3) is 0 Å². The fourth-order valence-electron chi connectivity index (χ4n) is 1.27. The van der Waals surface area contributed by atoms with Gasteiger partial charge in [0.2, 0.25) is 0 Å². The smallest absolute Gasteiger partial charge is 0.0640 e. The number of hydrogen-bond donors (Lipinski definition) is 0. The van der Waals surface area contributed by atoms with Crippen LogP contribution in [0.5, 0.6) is 0 Å². The first-order chi connectivity index (χ1) is 8.33. The summed E-state index contributed by atoms with van der Waals surface area (Å²) in [5, 5.41) is 0. The summed E-state index contributed by atoms with van der Waals surface area (Å²) in [6.07, 6.45) is 3.31. The second kappa shape index (κ2) is 9.51. The number of unbranched alkanes of at least 4 members (excludes halogenated alkanes) is 1. The van der Waals surface area contributed by atoms with Gasteiger partial charge in [-0.3, -0.25) is 0 Å². The Bertz CT molecular complexity index is 285. The van der Waals surface area contributed by atoms with E-state index in [9.17, 15) is 0 Å². The van der Waals surface area contributed by atoms with Gasteiger partial charge < -0.3 is 8.92 Å². The van der Waals surface area contributed by atoms with Gasteiger partial charge >= 0.3 is 0 Å². The van der Waals surface area contributed by atoms with Crippen LogP contribution < -0.4 is 0 Å². The maximum absolute atomic E-state index is 5.50. The summed E-state index contributed by atoms with van der Waals surface area (Å²) in [6.45, 7) is 6.67. The van der Waals surface area contributed by atoms with Crippen LogP contribution in [0.4, 0.5) is 0 Å². The lowest BCUT2D eigenvalue weighted by molar-refractivity contribution is 0.119. The minimum atomic E-state index is 0.741. The molecular formula is C14H22O2S. The summed E-state index contributed by atoms with van der Waals surface area (Å²) < 4.78 is 11.0. The predicted molar refractivity (Wildman–Crippen MR) is 73.3 cm³/mol. The molecule has 0 aliphatic rings. The van der Waals surface area contributed by atoms with Crippen LogP contribution in [0.1, 0.15) is 31.7 Å². The van der Waals surface area contributed by atoms with Gasteiger partial charge in [0, 0.05) is 30.2 Å². The van der Waals surface area contributed by atoms with E-state index in [4.69, 9.17) is 8.92 Å². The van der Waals surface area contributed by atoms with Crippen LogP contribution >= 0.6 is 12.0 Å². The minimum absolute atomic E-state index is 0.741. The summed E-state index contributed by atoms with van der Waals surface area (Å²) in [6, 6.07) is 8.36. The molecule has 0 heterocycles. The summed E-state index contributed by atoms with van der Waals surface area (Å²) in [7, 11) is 0. The van der Waals surface area contributed by atoms with Crippen molar-refractivity contribution in [1.29, 1.82) is 0 Å². The normalized spacial score (nSPS) is 10.7. The lowest BCUT2D eigenvalue weighted by Gasteiger charge is -2.04. The third kappa shape index (κ3) is 7.42. The molecule has 0 N–H and O–H groups in total. The molecule has 0 saturated heterocycles. The van der Waals surface area contributed by atoms with E-state index in [-0.39, 0.29) is 0 Å². The number of ether oxygens (including phenoxy) is 1. The van der Waals surface area contributed by atoms with Gasteiger partial charge in [-0.1, -0.05) is 31.0 Å². The highest BCUT2D eigenvalue weighted by molar-refractivity contribution is 7.94. The zero-order valence-electron chi connectivity index (χ0n) is 10.8. The Morgan fingerprint density at radius 2 is 1.71 bits per heavy atom. The van der Waals surface area contributed by atoms with Gasteiger partial charge in [-0.25, -0.2) is 0 Å². The zero-order chi connectivity index (χ0) is 12.3. The average molecular weight is 254 g/mol. The molecule has 0 aromatic heterocycles. The van der Waals surface area contributed by atoms with Crippen LogP contribution in [0, 0.1) is 6.92 Å². The monoisotopic (exact) mass is 254 g/mol. The van der Waals surface area contributed by atoms with Crippen molar-refractivity contribution >= 4 is 12.0 Å². The van der Waals surface area contributed by atoms with Gasteiger partial charge in [-0.2, -0.15) is 0 Å². The Morgan fingerprint density at radius 3 is 2.41 bits per heavy atom. The SMILES string of the molecule is CCCCOCCCOSc1ccc(C)cc1. The summed E-state index contributed by atoms with van der Waals surface area (Å²) in [4.78, 5) is 1.16. The van der Waals surface area contributed by atoms with Crippen molar-refractivity contribution in [1.82, 2.24) is 0 Å². The molecular weight excluding hydrogens is 232 g/mol. The Labute approximate surface area is 109 Å². The quantitative estimate of drug-likeness (QED) is 0.485. The number of hydrogen-bond acceptors (Lipinski definition) is 3. The van der Waals surface area contributed by atoms with E-state index >= 15 is 0 Å². The fraction of sp³-hybridized carbons (Fsp3) is 0.571. The summed E-state index contributed by atoms with van der Waals surface area (Å²) >= 11 is 1.44. The zero-order valence-corrected chi connectivity index (χ0v) is 11.6. The third-order valence-electron chi connectivity index (χ3n) is 2.33. The molecule has 3 heteroatoms. The number of aryl methyl sites for hydroxylation is 1. The van der Waals surface area contributed by atoms with Crippen molar-refractivity contribution in [3.63, 3.8) is 0 Å². The molecule has 2 nitrogen and oxygen atoms in total. The van der Waals surface area contributed by atoms with Crippen LogP contribution in [-0.4, -0.2) is 19.8 Å². The Morgan fingerprint density at radius 1 is 1.00 bits per heavy atom. The molecule has 0 radical (unpaired) electrons. The molecule has 0 atom stereocenters. The molecule has 0 unspecified atom stereocenters. The molecule has 0 aliphatic carbocycles. The fourth-order valence-corrected chi connectivity index (χ4v) is 1.86. The highest BCUT2D eigenvalue weighted by atomic mass is 32.2. The third-order valence-corrected chi connectivity index (χ3v) is 3.08. The van der Waals surface area contributed by atoms with E-state index < -0.39 is 0 Å². The van der Waals surface area contributed by atoms with Crippen molar-refractivity contribution in [2.45, 2.75) is 38.0 Å². The molecule has 1 aromatic rings. The molecule has 1 aromatic carbocycles. The molecule has 0 saturated carbocycles. The van der Waals surface area contributed by atoms with Gasteiger partial charge in [-0.15, -0.1) is 0 Å². The van der Waals surface area contributed by atoms with Crippen LogP contribution in [0.25, 0.3) is 0 Å². The van der Waals surface area contributed by atoms with Crippen molar-refractivity contribution in [3.05, 3.63) is 29.8 Å². The highest BCUT2D eigenvalue weighted by Crippen LogP contribution is 2.19. The number of rotatable bonds is 9. The second-order valence-corrected chi connectivity index (χ2v) is 4.91. The van der Waals surface area contributed by atoms with E-state index in [1.165, 1.54) is 24.0 Å². The van der Waals surface area contributed by atoms with E-state index in [1.54, 1.807) is 0 Å². The Hall–Kier alpha value is -0.510. The molecule has 0 spiro atoms. The van der Waals surface area contributed by atoms with E-state index in [1.807, 2.05) is 0 Å². The molecule has 0 aliphatic heterocycles. The van der Waals surface area contributed by atoms with Crippen molar-refractivity contribution in [3.8, 4) is 0 Å². The predicted octanol–water partition coefficient (Wildman–Crippen LogP) is 4.23. The molecule has 1 rings (SSSR count). The lowest BCUT2D eigenvalue weighted by atomic mass is 10.2. The number of benzene rings is 1. The maximum atomic E-state index is 5.50. The lowest BCUT2D eigenvalue weighted by Crippen LogP contribution is -1.99. The average Bonchev–Trinajstić information content (AvgIpc) is 2.35. The molecule has 96 valence electrons. The molecule has 0 amide bonds.